The lowest BCUT2D eigenvalue weighted by Crippen LogP contribution is -3.04. The molecule has 0 aromatic carbocycles. The van der Waals surface area contributed by atoms with E-state index in [0.717, 1.165) is 113 Å². The van der Waals surface area contributed by atoms with E-state index in [2.05, 4.69) is 32.6 Å². The van der Waals surface area contributed by atoms with Gasteiger partial charge in [-0.25, -0.2) is 0 Å². The van der Waals surface area contributed by atoms with Gasteiger partial charge in [-0.2, -0.15) is 0 Å². The molecular formula is C62H101N4+. The molecule has 12 atom stereocenters. The summed E-state index contributed by atoms with van der Waals surface area (Å²) in [5.74, 6) is 12.1. The molecule has 0 spiro atoms. The number of hydrogen-bond donors (Lipinski definition) is 2. The lowest BCUT2D eigenvalue weighted by Gasteiger charge is -2.50. The van der Waals surface area contributed by atoms with Crippen molar-refractivity contribution in [2.24, 2.45) is 71.0 Å². The van der Waals surface area contributed by atoms with Gasteiger partial charge in [-0.05, 0) is 238 Å². The maximum Gasteiger partial charge on any atom is 0.143 e. The minimum absolute atomic E-state index is 0.691. The number of nitrogens with two attached hydrogens (primary N) is 1. The van der Waals surface area contributed by atoms with Gasteiger partial charge < -0.3 is 10.2 Å². The van der Waals surface area contributed by atoms with Crippen molar-refractivity contribution in [2.75, 3.05) is 0 Å². The molecule has 13 aliphatic rings. The molecule has 10 aliphatic carbocycles. The lowest BCUT2D eigenvalue weighted by atomic mass is 9.62. The molecule has 3 N–H and O–H groups in total. The molecule has 0 radical (unpaired) electrons. The lowest BCUT2D eigenvalue weighted by molar-refractivity contribution is -0.752. The summed E-state index contributed by atoms with van der Waals surface area (Å²) in [6.45, 7) is 0. The van der Waals surface area contributed by atoms with Crippen molar-refractivity contribution in [1.29, 1.82) is 0 Å². The quantitative estimate of drug-likeness (QED) is 0.267. The van der Waals surface area contributed by atoms with Gasteiger partial charge in [-0.15, -0.1) is 0 Å². The molecule has 0 bridgehead atoms. The molecule has 13 rings (SSSR count). The largest absolute Gasteiger partial charge is 0.365 e. The molecule has 12 unspecified atom stereocenters. The minimum atomic E-state index is 0.691. The number of quaternary nitrogens is 1. The van der Waals surface area contributed by atoms with E-state index in [0.29, 0.717) is 6.17 Å². The van der Waals surface area contributed by atoms with Crippen LogP contribution in [0, 0.1) is 71.0 Å². The zero-order valence-electron chi connectivity index (χ0n) is 42.5. The normalized spacial score (nSPS) is 48.6. The van der Waals surface area contributed by atoms with Crippen molar-refractivity contribution in [3.8, 4) is 0 Å². The SMILES string of the molecule is C1=CC2=C(CC1)C1CC(C3CCC(C4CCC5C(C4)C4CCCCC4N5C4CCC(C5CCCCC5)CC4)CC3)CCC1N2C1CCC(C2NC(C3CCCCC3)C3CCCCC3[NH2+]2)CC1. The smallest absolute Gasteiger partial charge is 0.143 e. The van der Waals surface area contributed by atoms with Crippen LogP contribution in [-0.4, -0.2) is 58.3 Å². The molecular weight excluding hydrogens is 801 g/mol. The molecule has 2 saturated heterocycles. The standard InChI is InChI=1S/C62H100N4/c1-3-13-41(14-4-1)42-27-33-49(34-28-42)65-57-21-11-8-17-51(57)54-39-47(31-37-59(54)65)43-23-25-44(26-24-43)48-32-38-60-55(40-48)52-18-9-12-22-58(52)66(60)50-35-29-46(30-36-50)62-63-56-20-10-7-19-53(56)61(64-62)45-15-5-2-6-16-45/h12,22,41-51,53-57,59-64H,1-11,13-21,23-40H2/p+1. The Morgan fingerprint density at radius 2 is 0.970 bits per heavy atom. The predicted octanol–water partition coefficient (Wildman–Crippen LogP) is 13.9. The summed E-state index contributed by atoms with van der Waals surface area (Å²) in [5.41, 5.74) is 3.69. The Bertz CT molecular complexity index is 1660. The van der Waals surface area contributed by atoms with E-state index in [-0.39, 0.29) is 0 Å². The second-order valence-electron chi connectivity index (χ2n) is 27.4. The van der Waals surface area contributed by atoms with Gasteiger partial charge >= 0.3 is 0 Å². The molecule has 66 heavy (non-hydrogen) atoms. The number of nitrogens with one attached hydrogen (secondary N) is 1. The monoisotopic (exact) mass is 902 g/mol. The summed E-state index contributed by atoms with van der Waals surface area (Å²) in [5, 5.41) is 7.39. The molecule has 3 heterocycles. The molecule has 368 valence electrons. The van der Waals surface area contributed by atoms with Gasteiger partial charge in [0.15, 0.2) is 0 Å². The van der Waals surface area contributed by atoms with Crippen LogP contribution in [0.15, 0.2) is 23.4 Å². The average Bonchev–Trinajstić information content (AvgIpc) is 3.91. The predicted molar refractivity (Wildman–Crippen MR) is 273 cm³/mol. The van der Waals surface area contributed by atoms with E-state index in [4.69, 9.17) is 0 Å². The molecule has 0 aromatic rings. The first-order chi connectivity index (χ1) is 32.7. The van der Waals surface area contributed by atoms with Gasteiger partial charge in [0, 0.05) is 59.7 Å². The number of nitrogens with zero attached hydrogens (tertiary/aromatic N) is 2. The number of rotatable bonds is 7. The molecule has 4 nitrogen and oxygen atoms in total. The fourth-order valence-electron chi connectivity index (χ4n) is 21.7. The molecule has 11 fully saturated rings. The third kappa shape index (κ3) is 8.63. The van der Waals surface area contributed by atoms with Gasteiger partial charge in [0.05, 0.1) is 6.04 Å². The van der Waals surface area contributed by atoms with Gasteiger partial charge in [-0.1, -0.05) is 76.7 Å². The fraction of sp³-hybridized carbons (Fsp3) is 0.935. The van der Waals surface area contributed by atoms with Gasteiger partial charge in [0.2, 0.25) is 0 Å². The van der Waals surface area contributed by atoms with Crippen LogP contribution in [0.3, 0.4) is 0 Å². The van der Waals surface area contributed by atoms with Crippen LogP contribution in [0.2, 0.25) is 0 Å². The van der Waals surface area contributed by atoms with Crippen LogP contribution >= 0.6 is 0 Å². The summed E-state index contributed by atoms with van der Waals surface area (Å²) >= 11 is 0. The molecule has 4 heteroatoms. The highest BCUT2D eigenvalue weighted by molar-refractivity contribution is 5.38. The Morgan fingerprint density at radius 3 is 1.73 bits per heavy atom. The van der Waals surface area contributed by atoms with Crippen molar-refractivity contribution >= 4 is 0 Å². The minimum Gasteiger partial charge on any atom is -0.365 e. The Hall–Kier alpha value is -0.840. The average molecular weight is 903 g/mol. The number of allylic oxidation sites excluding steroid dienone is 2. The Morgan fingerprint density at radius 1 is 0.424 bits per heavy atom. The van der Waals surface area contributed by atoms with Crippen LogP contribution in [0.5, 0.6) is 0 Å². The fourth-order valence-corrected chi connectivity index (χ4v) is 21.7. The summed E-state index contributed by atoms with van der Waals surface area (Å²) < 4.78 is 0. The highest BCUT2D eigenvalue weighted by Gasteiger charge is 2.55. The van der Waals surface area contributed by atoms with E-state index >= 15 is 0 Å². The van der Waals surface area contributed by atoms with Crippen LogP contribution in [0.25, 0.3) is 0 Å². The summed E-state index contributed by atoms with van der Waals surface area (Å²) in [6.07, 6.45) is 63.7. The number of hydrogen-bond acceptors (Lipinski definition) is 3. The number of likely N-dealkylation sites (tertiary alicyclic amines) is 1. The molecule has 3 aliphatic heterocycles. The summed E-state index contributed by atoms with van der Waals surface area (Å²) in [6, 6.07) is 6.21. The molecule has 9 saturated carbocycles. The first-order valence-corrected chi connectivity index (χ1v) is 31.3. The van der Waals surface area contributed by atoms with Crippen LogP contribution in [0.1, 0.15) is 244 Å². The highest BCUT2D eigenvalue weighted by atomic mass is 15.3. The van der Waals surface area contributed by atoms with Crippen LogP contribution in [0.4, 0.5) is 0 Å². The summed E-state index contributed by atoms with van der Waals surface area (Å²) in [7, 11) is 0. The van der Waals surface area contributed by atoms with Crippen molar-refractivity contribution in [1.82, 2.24) is 15.1 Å². The van der Waals surface area contributed by atoms with Crippen LogP contribution in [-0.2, 0) is 0 Å². The second-order valence-corrected chi connectivity index (χ2v) is 27.4. The maximum atomic E-state index is 4.47. The van der Waals surface area contributed by atoms with E-state index in [9.17, 15) is 0 Å². The Balaban J connectivity index is 0.610. The van der Waals surface area contributed by atoms with E-state index in [1.807, 2.05) is 5.57 Å². The number of fused-ring (bicyclic) bond motifs is 6. The first kappa shape index (κ1) is 45.1. The third-order valence-electron chi connectivity index (χ3n) is 24.7. The van der Waals surface area contributed by atoms with E-state index < -0.39 is 0 Å². The van der Waals surface area contributed by atoms with E-state index in [1.165, 1.54) is 141 Å². The molecule has 0 aromatic heterocycles. The Kier molecular flexibility index (Phi) is 13.6. The van der Waals surface area contributed by atoms with Gasteiger partial charge in [0.1, 0.15) is 6.17 Å². The zero-order valence-corrected chi connectivity index (χ0v) is 42.5. The highest BCUT2D eigenvalue weighted by Crippen LogP contribution is 2.57. The maximum absolute atomic E-state index is 4.47. The topological polar surface area (TPSA) is 35.1 Å². The van der Waals surface area contributed by atoms with Gasteiger partial charge in [0.25, 0.3) is 0 Å². The first-order valence-electron chi connectivity index (χ1n) is 31.3. The van der Waals surface area contributed by atoms with Crippen molar-refractivity contribution < 1.29 is 5.32 Å². The Labute approximate surface area is 405 Å². The zero-order chi connectivity index (χ0) is 43.6. The van der Waals surface area contributed by atoms with Gasteiger partial charge in [-0.3, -0.25) is 10.2 Å². The third-order valence-corrected chi connectivity index (χ3v) is 24.7. The van der Waals surface area contributed by atoms with Crippen molar-refractivity contribution in [3.05, 3.63) is 23.4 Å². The van der Waals surface area contributed by atoms with E-state index in [1.54, 1.807) is 108 Å². The second kappa shape index (κ2) is 20.0. The molecule has 0 amide bonds. The van der Waals surface area contributed by atoms with Crippen molar-refractivity contribution in [3.63, 3.8) is 0 Å². The summed E-state index contributed by atoms with van der Waals surface area (Å²) in [4.78, 5) is 6.45. The van der Waals surface area contributed by atoms with Crippen molar-refractivity contribution in [2.45, 2.75) is 292 Å². The van der Waals surface area contributed by atoms with Crippen LogP contribution < -0.4 is 10.6 Å².